The van der Waals surface area contributed by atoms with Crippen molar-refractivity contribution in [1.82, 2.24) is 10.2 Å². The SMILES string of the molecule is CC(C)C[C@H]1CN(c2cc(Cl)ccc2NC(=O)c2ccc(CNC(=O)CO)c(F)c2F)CCN1CCC(F)(F)F. The first-order valence-electron chi connectivity index (χ1n) is 12.8. The zero-order valence-electron chi connectivity index (χ0n) is 22.1. The van der Waals surface area contributed by atoms with Crippen LogP contribution in [0.25, 0.3) is 0 Å². The van der Waals surface area contributed by atoms with E-state index >= 15 is 0 Å². The van der Waals surface area contributed by atoms with Crippen LogP contribution in [0.15, 0.2) is 30.3 Å². The lowest BCUT2D eigenvalue weighted by molar-refractivity contribution is -0.139. The van der Waals surface area contributed by atoms with Gasteiger partial charge in [0.2, 0.25) is 5.91 Å². The molecule has 0 bridgehead atoms. The van der Waals surface area contributed by atoms with Gasteiger partial charge in [-0.3, -0.25) is 14.5 Å². The predicted octanol–water partition coefficient (Wildman–Crippen LogP) is 4.97. The first kappa shape index (κ1) is 31.6. The molecule has 1 aliphatic rings. The number of nitrogens with zero attached hydrogens (tertiary/aromatic N) is 2. The maximum atomic E-state index is 14.8. The number of aliphatic hydroxyl groups excluding tert-OH is 1. The molecule has 220 valence electrons. The first-order chi connectivity index (χ1) is 18.8. The zero-order valence-corrected chi connectivity index (χ0v) is 22.9. The predicted molar refractivity (Wildman–Crippen MR) is 142 cm³/mol. The number of piperazine rings is 1. The lowest BCUT2D eigenvalue weighted by Crippen LogP contribution is -2.54. The van der Waals surface area contributed by atoms with Crippen molar-refractivity contribution in [2.24, 2.45) is 5.92 Å². The molecule has 0 aliphatic carbocycles. The number of hydrogen-bond acceptors (Lipinski definition) is 5. The molecule has 13 heteroatoms. The van der Waals surface area contributed by atoms with E-state index in [1.165, 1.54) is 12.1 Å². The summed E-state index contributed by atoms with van der Waals surface area (Å²) >= 11 is 6.23. The number of benzene rings is 2. The third kappa shape index (κ3) is 8.52. The molecule has 1 atom stereocenters. The highest BCUT2D eigenvalue weighted by Gasteiger charge is 2.33. The van der Waals surface area contributed by atoms with Gasteiger partial charge in [-0.05, 0) is 36.6 Å². The lowest BCUT2D eigenvalue weighted by atomic mass is 9.99. The number of alkyl halides is 3. The summed E-state index contributed by atoms with van der Waals surface area (Å²) in [6, 6.07) is 6.72. The fourth-order valence-corrected chi connectivity index (χ4v) is 4.82. The van der Waals surface area contributed by atoms with Crippen molar-refractivity contribution in [2.45, 2.75) is 45.5 Å². The van der Waals surface area contributed by atoms with Gasteiger partial charge in [0.05, 0.1) is 23.4 Å². The third-order valence-corrected chi connectivity index (χ3v) is 6.84. The molecule has 7 nitrogen and oxygen atoms in total. The maximum absolute atomic E-state index is 14.8. The van der Waals surface area contributed by atoms with Gasteiger partial charge in [0, 0.05) is 49.4 Å². The van der Waals surface area contributed by atoms with Crippen LogP contribution in [0.2, 0.25) is 5.02 Å². The number of aliphatic hydroxyl groups is 1. The third-order valence-electron chi connectivity index (χ3n) is 6.61. The summed E-state index contributed by atoms with van der Waals surface area (Å²) in [4.78, 5) is 27.9. The van der Waals surface area contributed by atoms with Crippen molar-refractivity contribution in [3.63, 3.8) is 0 Å². The zero-order chi connectivity index (χ0) is 29.6. The Morgan fingerprint density at radius 2 is 1.85 bits per heavy atom. The Kier molecular flexibility index (Phi) is 10.7. The Morgan fingerprint density at radius 1 is 1.12 bits per heavy atom. The summed E-state index contributed by atoms with van der Waals surface area (Å²) in [5.41, 5.74) is 0.0164. The van der Waals surface area contributed by atoms with Gasteiger partial charge in [0.15, 0.2) is 11.6 Å². The van der Waals surface area contributed by atoms with Gasteiger partial charge in [-0.2, -0.15) is 13.2 Å². The van der Waals surface area contributed by atoms with E-state index in [2.05, 4.69) is 10.6 Å². The molecule has 1 heterocycles. The van der Waals surface area contributed by atoms with Gasteiger partial charge >= 0.3 is 6.18 Å². The number of carbonyl (C=O) groups excluding carboxylic acids is 2. The molecule has 3 rings (SSSR count). The van der Waals surface area contributed by atoms with Gasteiger partial charge < -0.3 is 20.6 Å². The monoisotopic (exact) mass is 590 g/mol. The van der Waals surface area contributed by atoms with Crippen molar-refractivity contribution < 1.29 is 36.6 Å². The molecule has 0 unspecified atom stereocenters. The van der Waals surface area contributed by atoms with E-state index in [1.54, 1.807) is 6.07 Å². The number of halogens is 6. The minimum Gasteiger partial charge on any atom is -0.387 e. The molecule has 1 saturated heterocycles. The molecule has 0 saturated carbocycles. The van der Waals surface area contributed by atoms with Crippen molar-refractivity contribution in [3.05, 3.63) is 58.1 Å². The van der Waals surface area contributed by atoms with Crippen LogP contribution in [0.4, 0.5) is 33.3 Å². The van der Waals surface area contributed by atoms with Gasteiger partial charge in [-0.1, -0.05) is 31.5 Å². The smallest absolute Gasteiger partial charge is 0.387 e. The molecule has 2 aromatic rings. The summed E-state index contributed by atoms with van der Waals surface area (Å²) in [7, 11) is 0. The molecule has 2 aromatic carbocycles. The average molecular weight is 591 g/mol. The van der Waals surface area contributed by atoms with Crippen LogP contribution in [0.3, 0.4) is 0 Å². The molecule has 0 spiro atoms. The second-order valence-electron chi connectivity index (χ2n) is 10.1. The fourth-order valence-electron chi connectivity index (χ4n) is 4.66. The van der Waals surface area contributed by atoms with Crippen LogP contribution in [0.5, 0.6) is 0 Å². The van der Waals surface area contributed by atoms with Crippen molar-refractivity contribution >= 4 is 34.8 Å². The summed E-state index contributed by atoms with van der Waals surface area (Å²) in [6.45, 7) is 3.80. The molecular formula is C27H32ClF5N4O3. The summed E-state index contributed by atoms with van der Waals surface area (Å²) < 4.78 is 68.1. The number of amides is 2. The van der Waals surface area contributed by atoms with E-state index in [9.17, 15) is 31.5 Å². The maximum Gasteiger partial charge on any atom is 0.390 e. The number of rotatable bonds is 10. The number of anilines is 2. The van der Waals surface area contributed by atoms with Crippen LogP contribution >= 0.6 is 11.6 Å². The second kappa shape index (κ2) is 13.6. The second-order valence-corrected chi connectivity index (χ2v) is 10.5. The van der Waals surface area contributed by atoms with Gasteiger partial charge in [-0.25, -0.2) is 8.78 Å². The number of hydrogen-bond donors (Lipinski definition) is 3. The fraction of sp³-hybridized carbons (Fsp3) is 0.481. The molecule has 0 aromatic heterocycles. The van der Waals surface area contributed by atoms with Gasteiger partial charge in [0.25, 0.3) is 5.91 Å². The van der Waals surface area contributed by atoms with E-state index in [1.807, 2.05) is 23.6 Å². The van der Waals surface area contributed by atoms with E-state index in [0.717, 1.165) is 12.1 Å². The number of carbonyl (C=O) groups is 2. The summed E-state index contributed by atoms with van der Waals surface area (Å²) in [6.07, 6.45) is -4.51. The normalized spacial score (nSPS) is 16.4. The van der Waals surface area contributed by atoms with Crippen LogP contribution in [0, 0.1) is 17.6 Å². The highest BCUT2D eigenvalue weighted by atomic mass is 35.5. The topological polar surface area (TPSA) is 84.9 Å². The Labute approximate surface area is 234 Å². The Morgan fingerprint density at radius 3 is 2.50 bits per heavy atom. The molecule has 1 fully saturated rings. The molecule has 1 aliphatic heterocycles. The summed E-state index contributed by atoms with van der Waals surface area (Å²) in [5.74, 6) is -4.18. The van der Waals surface area contributed by atoms with Crippen LogP contribution < -0.4 is 15.5 Å². The van der Waals surface area contributed by atoms with E-state index in [0.29, 0.717) is 36.8 Å². The highest BCUT2D eigenvalue weighted by molar-refractivity contribution is 6.31. The highest BCUT2D eigenvalue weighted by Crippen LogP contribution is 2.33. The van der Waals surface area contributed by atoms with Gasteiger partial charge in [-0.15, -0.1) is 0 Å². The molecular weight excluding hydrogens is 559 g/mol. The molecule has 40 heavy (non-hydrogen) atoms. The Bertz CT molecular complexity index is 1210. The Balaban J connectivity index is 1.81. The van der Waals surface area contributed by atoms with Crippen molar-refractivity contribution in [1.29, 1.82) is 0 Å². The largest absolute Gasteiger partial charge is 0.390 e. The van der Waals surface area contributed by atoms with E-state index < -0.39 is 48.2 Å². The quantitative estimate of drug-likeness (QED) is 0.341. The number of nitrogens with one attached hydrogen (secondary N) is 2. The average Bonchev–Trinajstić information content (AvgIpc) is 2.88. The first-order valence-corrected chi connectivity index (χ1v) is 13.2. The van der Waals surface area contributed by atoms with E-state index in [4.69, 9.17) is 16.7 Å². The van der Waals surface area contributed by atoms with Crippen LogP contribution in [0.1, 0.15) is 42.6 Å². The minimum absolute atomic E-state index is 0.113. The minimum atomic E-state index is -4.26. The lowest BCUT2D eigenvalue weighted by Gasteiger charge is -2.43. The molecule has 3 N–H and O–H groups in total. The molecule has 0 radical (unpaired) electrons. The van der Waals surface area contributed by atoms with Crippen molar-refractivity contribution in [3.8, 4) is 0 Å². The van der Waals surface area contributed by atoms with Crippen LogP contribution in [-0.4, -0.2) is 66.8 Å². The Hall–Kier alpha value is -2.96. The molecule has 2 amide bonds. The van der Waals surface area contributed by atoms with Crippen LogP contribution in [-0.2, 0) is 11.3 Å². The van der Waals surface area contributed by atoms with Crippen molar-refractivity contribution in [2.75, 3.05) is 43.0 Å². The van der Waals surface area contributed by atoms with Gasteiger partial charge in [0.1, 0.15) is 6.61 Å². The summed E-state index contributed by atoms with van der Waals surface area (Å²) in [5, 5.41) is 13.9. The standard InChI is InChI=1S/C27H32ClF5N4O3/c1-16(2)11-19-14-37(10-9-36(19)8-7-27(31,32)33)22-12-18(28)4-6-21(22)35-26(40)20-5-3-17(24(29)25(20)30)13-34-23(39)15-38/h3-6,12,16,19,38H,7-11,13-15H2,1-2H3,(H,34,39)(H,35,40)/t19-/m0/s1. The van der Waals surface area contributed by atoms with E-state index in [-0.39, 0.29) is 36.3 Å².